The third kappa shape index (κ3) is 3.99. The second-order valence-electron chi connectivity index (χ2n) is 6.84. The quantitative estimate of drug-likeness (QED) is 0.599. The van der Waals surface area contributed by atoms with Gasteiger partial charge in [-0.1, -0.05) is 17.7 Å². The number of fused-ring (bicyclic) bond motifs is 1. The number of aromatic nitrogens is 4. The summed E-state index contributed by atoms with van der Waals surface area (Å²) >= 11 is 5.93. The summed E-state index contributed by atoms with van der Waals surface area (Å²) in [4.78, 5) is 53.8. The number of hydrogen-bond donors (Lipinski definition) is 1. The van der Waals surface area contributed by atoms with Crippen molar-refractivity contribution in [1.82, 2.24) is 18.7 Å². The molecule has 10 nitrogen and oxygen atoms in total. The molecule has 3 rings (SSSR count). The molecule has 158 valence electrons. The Hall–Kier alpha value is -3.40. The first kappa shape index (κ1) is 21.3. The van der Waals surface area contributed by atoms with Crippen LogP contribution in [0, 0.1) is 6.92 Å². The molecule has 1 N–H and O–H groups in total. The third-order valence-corrected chi connectivity index (χ3v) is 4.86. The summed E-state index contributed by atoms with van der Waals surface area (Å²) in [5.74, 6) is -1.47. The second-order valence-corrected chi connectivity index (χ2v) is 7.28. The smallest absolute Gasteiger partial charge is 0.333 e. The number of amides is 1. The van der Waals surface area contributed by atoms with Gasteiger partial charge in [0.15, 0.2) is 17.3 Å². The van der Waals surface area contributed by atoms with Gasteiger partial charge in [-0.2, -0.15) is 0 Å². The number of carbonyl (C=O) groups excluding carboxylic acids is 2. The fraction of sp³-hybridized carbons (Fsp3) is 0.316. The number of nitrogens with zero attached hydrogens (tertiary/aromatic N) is 4. The Labute approximate surface area is 175 Å². The molecule has 0 radical (unpaired) electrons. The summed E-state index contributed by atoms with van der Waals surface area (Å²) in [5.41, 5.74) is 0.272. The van der Waals surface area contributed by atoms with E-state index in [2.05, 4.69) is 10.3 Å². The maximum atomic E-state index is 12.6. The highest BCUT2D eigenvalue weighted by Gasteiger charge is 2.22. The first-order valence-corrected chi connectivity index (χ1v) is 9.35. The zero-order valence-electron chi connectivity index (χ0n) is 16.8. The van der Waals surface area contributed by atoms with Crippen molar-refractivity contribution in [2.24, 2.45) is 14.1 Å². The highest BCUT2D eigenvalue weighted by molar-refractivity contribution is 6.31. The lowest BCUT2D eigenvalue weighted by molar-refractivity contribution is -0.153. The largest absolute Gasteiger partial charge is 0.451 e. The predicted octanol–water partition coefficient (Wildman–Crippen LogP) is 0.966. The molecular weight excluding hydrogens is 414 g/mol. The molecule has 1 aromatic carbocycles. The van der Waals surface area contributed by atoms with Crippen molar-refractivity contribution in [3.63, 3.8) is 0 Å². The van der Waals surface area contributed by atoms with Crippen LogP contribution in [0.25, 0.3) is 11.2 Å². The van der Waals surface area contributed by atoms with Gasteiger partial charge in [-0.15, -0.1) is 0 Å². The van der Waals surface area contributed by atoms with Gasteiger partial charge in [0.25, 0.3) is 11.5 Å². The number of anilines is 1. The van der Waals surface area contributed by atoms with Gasteiger partial charge in [0.1, 0.15) is 6.54 Å². The van der Waals surface area contributed by atoms with E-state index in [1.54, 1.807) is 32.2 Å². The normalized spacial score (nSPS) is 12.0. The number of aryl methyl sites for hydroxylation is 3. The van der Waals surface area contributed by atoms with E-state index in [1.807, 2.05) is 0 Å². The number of halogens is 1. The molecule has 11 heteroatoms. The molecule has 0 aliphatic carbocycles. The highest BCUT2D eigenvalue weighted by Crippen LogP contribution is 2.20. The topological polar surface area (TPSA) is 117 Å². The van der Waals surface area contributed by atoms with E-state index >= 15 is 0 Å². The van der Waals surface area contributed by atoms with Crippen LogP contribution < -0.4 is 16.6 Å². The van der Waals surface area contributed by atoms with E-state index < -0.39 is 35.8 Å². The van der Waals surface area contributed by atoms with Crippen molar-refractivity contribution in [1.29, 1.82) is 0 Å². The maximum Gasteiger partial charge on any atom is 0.333 e. The number of rotatable bonds is 5. The number of esters is 1. The average molecular weight is 434 g/mol. The van der Waals surface area contributed by atoms with Crippen LogP contribution in [0.15, 0.2) is 34.1 Å². The maximum absolute atomic E-state index is 12.6. The summed E-state index contributed by atoms with van der Waals surface area (Å²) < 4.78 is 8.50. The third-order valence-electron chi connectivity index (χ3n) is 4.62. The minimum Gasteiger partial charge on any atom is -0.451 e. The Bertz CT molecular complexity index is 1270. The molecule has 0 spiro atoms. The van der Waals surface area contributed by atoms with E-state index in [-0.39, 0.29) is 11.2 Å². The van der Waals surface area contributed by atoms with Crippen LogP contribution in [0.5, 0.6) is 0 Å². The standard InChI is InChI=1S/C19H20ClN5O5/c1-10-5-6-12(20)7-13(10)22-17(27)11(2)30-14(26)8-25-18(28)15-16(21-9-23(15)3)24(4)19(25)29/h5-7,9,11H,8H2,1-4H3,(H,22,27). The fourth-order valence-electron chi connectivity index (χ4n) is 2.92. The van der Waals surface area contributed by atoms with E-state index in [0.717, 1.165) is 10.1 Å². The summed E-state index contributed by atoms with van der Waals surface area (Å²) in [6, 6.07) is 5.01. The molecule has 0 saturated heterocycles. The Morgan fingerprint density at radius 3 is 2.67 bits per heavy atom. The molecule has 0 saturated carbocycles. The lowest BCUT2D eigenvalue weighted by Gasteiger charge is -2.15. The van der Waals surface area contributed by atoms with Crippen molar-refractivity contribution >= 4 is 40.3 Å². The zero-order chi connectivity index (χ0) is 22.2. The number of carbonyl (C=O) groups is 2. The molecule has 0 fully saturated rings. The first-order chi connectivity index (χ1) is 14.1. The molecule has 30 heavy (non-hydrogen) atoms. The van der Waals surface area contributed by atoms with Crippen molar-refractivity contribution < 1.29 is 14.3 Å². The lowest BCUT2D eigenvalue weighted by Crippen LogP contribution is -2.42. The van der Waals surface area contributed by atoms with E-state index in [1.165, 1.54) is 29.4 Å². The summed E-state index contributed by atoms with van der Waals surface area (Å²) in [7, 11) is 3.05. The Morgan fingerprint density at radius 2 is 1.97 bits per heavy atom. The number of hydrogen-bond acceptors (Lipinski definition) is 6. The number of benzene rings is 1. The molecule has 0 aliphatic heterocycles. The summed E-state index contributed by atoms with van der Waals surface area (Å²) in [6.45, 7) is 2.54. The van der Waals surface area contributed by atoms with E-state index in [0.29, 0.717) is 10.7 Å². The van der Waals surface area contributed by atoms with Crippen LogP contribution in [0.3, 0.4) is 0 Å². The average Bonchev–Trinajstić information content (AvgIpc) is 3.08. The van der Waals surface area contributed by atoms with Gasteiger partial charge in [0.2, 0.25) is 0 Å². The van der Waals surface area contributed by atoms with Crippen molar-refractivity contribution in [2.75, 3.05) is 5.32 Å². The molecular formula is C19H20ClN5O5. The van der Waals surface area contributed by atoms with E-state index in [9.17, 15) is 19.2 Å². The number of imidazole rings is 1. The number of ether oxygens (including phenoxy) is 1. The van der Waals surface area contributed by atoms with Crippen LogP contribution in [0.2, 0.25) is 5.02 Å². The predicted molar refractivity (Wildman–Crippen MR) is 111 cm³/mol. The van der Waals surface area contributed by atoms with Crippen molar-refractivity contribution in [3.8, 4) is 0 Å². The van der Waals surface area contributed by atoms with Gasteiger partial charge in [0, 0.05) is 24.8 Å². The van der Waals surface area contributed by atoms with Gasteiger partial charge >= 0.3 is 11.7 Å². The molecule has 1 amide bonds. The van der Waals surface area contributed by atoms with Gasteiger partial charge in [0.05, 0.1) is 6.33 Å². The van der Waals surface area contributed by atoms with E-state index in [4.69, 9.17) is 16.3 Å². The van der Waals surface area contributed by atoms with Crippen LogP contribution in [-0.2, 0) is 35.0 Å². The Kier molecular flexibility index (Phi) is 5.79. The summed E-state index contributed by atoms with van der Waals surface area (Å²) in [5, 5.41) is 3.08. The molecule has 1 atom stereocenters. The monoisotopic (exact) mass is 433 g/mol. The second kappa shape index (κ2) is 8.15. The van der Waals surface area contributed by atoms with Crippen LogP contribution >= 0.6 is 11.6 Å². The minimum atomic E-state index is -1.16. The fourth-order valence-corrected chi connectivity index (χ4v) is 3.09. The first-order valence-electron chi connectivity index (χ1n) is 8.97. The zero-order valence-corrected chi connectivity index (χ0v) is 17.6. The van der Waals surface area contributed by atoms with Crippen LogP contribution in [0.1, 0.15) is 12.5 Å². The van der Waals surface area contributed by atoms with Crippen molar-refractivity contribution in [3.05, 3.63) is 56.0 Å². The minimum absolute atomic E-state index is 0.173. The molecule has 0 bridgehead atoms. The number of nitrogens with one attached hydrogen (secondary N) is 1. The van der Waals surface area contributed by atoms with Gasteiger partial charge < -0.3 is 14.6 Å². The van der Waals surface area contributed by atoms with Crippen molar-refractivity contribution in [2.45, 2.75) is 26.5 Å². The Balaban J connectivity index is 1.76. The molecule has 3 aromatic rings. The summed E-state index contributed by atoms with van der Waals surface area (Å²) in [6.07, 6.45) is 0.245. The Morgan fingerprint density at radius 1 is 1.27 bits per heavy atom. The molecule has 1 unspecified atom stereocenters. The lowest BCUT2D eigenvalue weighted by atomic mass is 10.2. The molecule has 2 heterocycles. The SMILES string of the molecule is Cc1ccc(Cl)cc1NC(=O)C(C)OC(=O)Cn1c(=O)c2c(ncn2C)n(C)c1=O. The van der Waals surface area contributed by atoms with Gasteiger partial charge in [-0.05, 0) is 31.5 Å². The highest BCUT2D eigenvalue weighted by atomic mass is 35.5. The van der Waals surface area contributed by atoms with Crippen LogP contribution in [0.4, 0.5) is 5.69 Å². The molecule has 0 aliphatic rings. The molecule has 2 aromatic heterocycles. The van der Waals surface area contributed by atoms with Crippen LogP contribution in [-0.4, -0.2) is 36.7 Å². The van der Waals surface area contributed by atoms with Gasteiger partial charge in [-0.25, -0.2) is 14.3 Å². The van der Waals surface area contributed by atoms with Gasteiger partial charge in [-0.3, -0.25) is 19.0 Å².